The minimum absolute atomic E-state index is 0.0265. The third-order valence-corrected chi connectivity index (χ3v) is 4.25. The lowest BCUT2D eigenvalue weighted by atomic mass is 10.2. The first-order valence-electron chi connectivity index (χ1n) is 8.22. The third-order valence-electron chi connectivity index (χ3n) is 4.25. The predicted molar refractivity (Wildman–Crippen MR) is 87.2 cm³/mol. The smallest absolute Gasteiger partial charge is 0.336 e. The van der Waals surface area contributed by atoms with Gasteiger partial charge in [-0.25, -0.2) is 4.98 Å². The van der Waals surface area contributed by atoms with E-state index in [1.54, 1.807) is 15.9 Å². The lowest BCUT2D eigenvalue weighted by Gasteiger charge is -2.22. The van der Waals surface area contributed by atoms with Gasteiger partial charge in [0.2, 0.25) is 0 Å². The summed E-state index contributed by atoms with van der Waals surface area (Å²) in [6.45, 7) is 1.87. The molecule has 0 N–H and O–H groups in total. The second-order valence-electron chi connectivity index (χ2n) is 6.10. The van der Waals surface area contributed by atoms with Crippen LogP contribution >= 0.6 is 0 Å². The Hall–Kier alpha value is -2.22. The molecule has 5 nitrogen and oxygen atoms in total. The maximum absolute atomic E-state index is 12.6. The van der Waals surface area contributed by atoms with Crippen molar-refractivity contribution in [1.29, 1.82) is 0 Å². The van der Waals surface area contributed by atoms with Crippen molar-refractivity contribution in [3.63, 3.8) is 0 Å². The Labute approximate surface area is 143 Å². The summed E-state index contributed by atoms with van der Waals surface area (Å²) in [6, 6.07) is 7.29. The van der Waals surface area contributed by atoms with Gasteiger partial charge in [-0.05, 0) is 25.1 Å². The number of benzene rings is 1. The number of carbonyl (C=O) groups excluding carboxylic acids is 1. The van der Waals surface area contributed by atoms with Crippen molar-refractivity contribution < 1.29 is 18.0 Å². The molecular weight excluding hydrogens is 333 g/mol. The first-order chi connectivity index (χ1) is 11.9. The van der Waals surface area contributed by atoms with Crippen LogP contribution in [0.15, 0.2) is 30.5 Å². The van der Waals surface area contributed by atoms with Gasteiger partial charge in [-0.15, -0.1) is 0 Å². The number of hydrogen-bond donors (Lipinski definition) is 0. The molecule has 25 heavy (non-hydrogen) atoms. The molecule has 0 aliphatic carbocycles. The molecule has 0 bridgehead atoms. The molecular formula is C17H19F3N4O. The Bertz CT molecular complexity index is 750. The monoisotopic (exact) mass is 352 g/mol. The molecule has 2 aromatic rings. The number of fused-ring (bicyclic) bond motifs is 1. The summed E-state index contributed by atoms with van der Waals surface area (Å²) < 4.78 is 37.1. The Morgan fingerprint density at radius 3 is 2.60 bits per heavy atom. The van der Waals surface area contributed by atoms with E-state index in [-0.39, 0.29) is 18.1 Å². The van der Waals surface area contributed by atoms with E-state index in [0.717, 1.165) is 0 Å². The van der Waals surface area contributed by atoms with E-state index in [0.29, 0.717) is 43.6 Å². The highest BCUT2D eigenvalue weighted by Crippen LogP contribution is 2.20. The minimum atomic E-state index is -4.15. The molecule has 0 spiro atoms. The number of rotatable bonds is 3. The number of alkyl halides is 3. The first kappa shape index (κ1) is 17.6. The molecule has 134 valence electrons. The fraction of sp³-hybridized carbons (Fsp3) is 0.471. The fourth-order valence-electron chi connectivity index (χ4n) is 2.90. The number of nitrogens with zero attached hydrogens (tertiary/aromatic N) is 4. The summed E-state index contributed by atoms with van der Waals surface area (Å²) >= 11 is 0. The molecule has 0 atom stereocenters. The van der Waals surface area contributed by atoms with Crippen LogP contribution in [0, 0.1) is 0 Å². The summed E-state index contributed by atoms with van der Waals surface area (Å²) in [5, 5.41) is 0. The van der Waals surface area contributed by atoms with Gasteiger partial charge in [0.15, 0.2) is 0 Å². The quantitative estimate of drug-likeness (QED) is 0.852. The number of aromatic nitrogens is 2. The lowest BCUT2D eigenvalue weighted by Crippen LogP contribution is -2.36. The molecule has 1 saturated heterocycles. The average Bonchev–Trinajstić information content (AvgIpc) is 2.84. The normalized spacial score (nSPS) is 16.8. The molecule has 1 aromatic carbocycles. The van der Waals surface area contributed by atoms with Crippen molar-refractivity contribution in [2.75, 3.05) is 32.7 Å². The van der Waals surface area contributed by atoms with Crippen molar-refractivity contribution in [3.05, 3.63) is 36.2 Å². The van der Waals surface area contributed by atoms with E-state index in [4.69, 9.17) is 0 Å². The summed E-state index contributed by atoms with van der Waals surface area (Å²) in [4.78, 5) is 24.6. The van der Waals surface area contributed by atoms with Gasteiger partial charge in [0.1, 0.15) is 5.69 Å². The van der Waals surface area contributed by atoms with Crippen molar-refractivity contribution in [3.8, 4) is 0 Å². The Kier molecular flexibility index (Phi) is 5.17. The topological polar surface area (TPSA) is 49.3 Å². The molecule has 0 unspecified atom stereocenters. The van der Waals surface area contributed by atoms with Crippen LogP contribution in [-0.2, 0) is 0 Å². The summed E-state index contributed by atoms with van der Waals surface area (Å²) in [6.07, 6.45) is -2.87. The van der Waals surface area contributed by atoms with Gasteiger partial charge in [0, 0.05) is 26.2 Å². The van der Waals surface area contributed by atoms with Crippen LogP contribution in [0.4, 0.5) is 13.2 Å². The standard InChI is InChI=1S/C17H19F3N4O/c18-17(19,20)6-9-23-7-3-8-24(11-10-23)16(25)15-12-21-13-4-1-2-5-14(13)22-15/h1-2,4-5,12H,3,6-11H2. The van der Waals surface area contributed by atoms with Gasteiger partial charge in [0.05, 0.1) is 23.7 Å². The number of hydrogen-bond acceptors (Lipinski definition) is 4. The molecule has 1 aromatic heterocycles. The summed E-state index contributed by atoms with van der Waals surface area (Å²) in [5.41, 5.74) is 1.63. The first-order valence-corrected chi connectivity index (χ1v) is 8.22. The molecule has 0 saturated carbocycles. The van der Waals surface area contributed by atoms with Crippen LogP contribution in [0.25, 0.3) is 11.0 Å². The highest BCUT2D eigenvalue weighted by atomic mass is 19.4. The Balaban J connectivity index is 1.64. The zero-order valence-corrected chi connectivity index (χ0v) is 13.7. The SMILES string of the molecule is O=C(c1cnc2ccccc2n1)N1CCCN(CCC(F)(F)F)CC1. The predicted octanol–water partition coefficient (Wildman–Crippen LogP) is 2.73. The summed E-state index contributed by atoms with van der Waals surface area (Å²) in [5.74, 6) is -0.226. The van der Waals surface area contributed by atoms with E-state index in [1.807, 2.05) is 18.2 Å². The number of amides is 1. The average molecular weight is 352 g/mol. The molecule has 1 aliphatic heterocycles. The van der Waals surface area contributed by atoms with E-state index < -0.39 is 12.6 Å². The lowest BCUT2D eigenvalue weighted by molar-refractivity contribution is -0.137. The second-order valence-corrected chi connectivity index (χ2v) is 6.10. The number of carbonyl (C=O) groups is 1. The van der Waals surface area contributed by atoms with Gasteiger partial charge in [-0.3, -0.25) is 9.78 Å². The van der Waals surface area contributed by atoms with Crippen LogP contribution in [0.5, 0.6) is 0 Å². The number of para-hydroxylation sites is 2. The molecule has 1 aliphatic rings. The minimum Gasteiger partial charge on any atom is -0.336 e. The van der Waals surface area contributed by atoms with Crippen LogP contribution in [-0.4, -0.2) is 64.6 Å². The van der Waals surface area contributed by atoms with Gasteiger partial charge in [-0.2, -0.15) is 13.2 Å². The number of halogens is 3. The molecule has 1 amide bonds. The van der Waals surface area contributed by atoms with Gasteiger partial charge >= 0.3 is 6.18 Å². The Morgan fingerprint density at radius 2 is 1.84 bits per heavy atom. The maximum atomic E-state index is 12.6. The zero-order valence-electron chi connectivity index (χ0n) is 13.7. The van der Waals surface area contributed by atoms with Crippen molar-refractivity contribution in [1.82, 2.24) is 19.8 Å². The maximum Gasteiger partial charge on any atom is 0.390 e. The van der Waals surface area contributed by atoms with E-state index in [2.05, 4.69) is 9.97 Å². The highest BCUT2D eigenvalue weighted by Gasteiger charge is 2.29. The van der Waals surface area contributed by atoms with E-state index in [1.165, 1.54) is 6.20 Å². The molecule has 1 fully saturated rings. The largest absolute Gasteiger partial charge is 0.390 e. The highest BCUT2D eigenvalue weighted by molar-refractivity contribution is 5.93. The molecule has 0 radical (unpaired) electrons. The Morgan fingerprint density at radius 1 is 1.08 bits per heavy atom. The van der Waals surface area contributed by atoms with Crippen LogP contribution in [0.3, 0.4) is 0 Å². The van der Waals surface area contributed by atoms with Crippen molar-refractivity contribution in [2.24, 2.45) is 0 Å². The van der Waals surface area contributed by atoms with Crippen molar-refractivity contribution in [2.45, 2.75) is 19.0 Å². The van der Waals surface area contributed by atoms with Crippen LogP contribution < -0.4 is 0 Å². The van der Waals surface area contributed by atoms with E-state index in [9.17, 15) is 18.0 Å². The summed E-state index contributed by atoms with van der Waals surface area (Å²) in [7, 11) is 0. The fourth-order valence-corrected chi connectivity index (χ4v) is 2.90. The van der Waals surface area contributed by atoms with Gasteiger partial charge < -0.3 is 9.80 Å². The van der Waals surface area contributed by atoms with Crippen LogP contribution in [0.2, 0.25) is 0 Å². The van der Waals surface area contributed by atoms with Gasteiger partial charge in [-0.1, -0.05) is 12.1 Å². The third kappa shape index (κ3) is 4.66. The molecule has 3 rings (SSSR count). The van der Waals surface area contributed by atoms with Gasteiger partial charge in [0.25, 0.3) is 5.91 Å². The van der Waals surface area contributed by atoms with E-state index >= 15 is 0 Å². The van der Waals surface area contributed by atoms with Crippen LogP contribution in [0.1, 0.15) is 23.3 Å². The second kappa shape index (κ2) is 7.35. The molecule has 2 heterocycles. The molecule has 8 heteroatoms. The zero-order chi connectivity index (χ0) is 17.9. The van der Waals surface area contributed by atoms with Crippen molar-refractivity contribution >= 4 is 16.9 Å².